The molecule has 0 radical (unpaired) electrons. The second-order valence-corrected chi connectivity index (χ2v) is 7.16. The number of halogens is 1. The van der Waals surface area contributed by atoms with Crippen LogP contribution in [0.4, 0.5) is 0 Å². The number of nitriles is 2. The van der Waals surface area contributed by atoms with E-state index < -0.39 is 9.84 Å². The molecule has 0 saturated carbocycles. The highest BCUT2D eigenvalue weighted by Crippen LogP contribution is 2.30. The Kier molecular flexibility index (Phi) is 3.85. The molecule has 1 aliphatic heterocycles. The molecule has 0 spiro atoms. The largest absolute Gasteiger partial charge is 0.249 e. The summed E-state index contributed by atoms with van der Waals surface area (Å²) in [6.45, 7) is 1.70. The van der Waals surface area contributed by atoms with Crippen LogP contribution in [0.1, 0.15) is 23.7 Å². The molecule has 1 atom stereocenters. The molecule has 1 fully saturated rings. The maximum absolute atomic E-state index is 11.5. The molecule has 1 aliphatic rings. The average molecular weight is 311 g/mol. The SMILES string of the molecule is Cc1nn([C@H]2CCS(=O)(=O)C2)c(Cl)c1C=C(C#N)C#N. The van der Waals surface area contributed by atoms with Gasteiger partial charge in [-0.15, -0.1) is 0 Å². The van der Waals surface area contributed by atoms with Gasteiger partial charge in [0.15, 0.2) is 9.84 Å². The van der Waals surface area contributed by atoms with E-state index in [-0.39, 0.29) is 28.3 Å². The fourth-order valence-corrected chi connectivity index (χ4v) is 4.20. The number of nitrogens with zero attached hydrogens (tertiary/aromatic N) is 4. The summed E-state index contributed by atoms with van der Waals surface area (Å²) < 4.78 is 24.5. The zero-order valence-corrected chi connectivity index (χ0v) is 12.2. The lowest BCUT2D eigenvalue weighted by Gasteiger charge is -2.09. The van der Waals surface area contributed by atoms with Crippen LogP contribution in [0.25, 0.3) is 6.08 Å². The van der Waals surface area contributed by atoms with Crippen molar-refractivity contribution in [3.8, 4) is 12.1 Å². The maximum Gasteiger partial charge on any atom is 0.152 e. The number of rotatable bonds is 2. The van der Waals surface area contributed by atoms with Gasteiger partial charge in [-0.25, -0.2) is 13.1 Å². The molecule has 1 aromatic heterocycles. The van der Waals surface area contributed by atoms with Gasteiger partial charge in [0.05, 0.1) is 23.2 Å². The zero-order chi connectivity index (χ0) is 14.9. The van der Waals surface area contributed by atoms with Crippen molar-refractivity contribution < 1.29 is 8.42 Å². The second-order valence-electron chi connectivity index (χ2n) is 4.57. The molecule has 2 heterocycles. The minimum atomic E-state index is -3.04. The Labute approximate surface area is 121 Å². The van der Waals surface area contributed by atoms with Crippen LogP contribution in [0, 0.1) is 29.6 Å². The highest BCUT2D eigenvalue weighted by Gasteiger charge is 2.31. The normalized spacial score (nSPS) is 20.1. The highest BCUT2D eigenvalue weighted by atomic mass is 35.5. The van der Waals surface area contributed by atoms with E-state index in [0.29, 0.717) is 17.7 Å². The lowest BCUT2D eigenvalue weighted by molar-refractivity contribution is 0.497. The van der Waals surface area contributed by atoms with Crippen molar-refractivity contribution in [1.82, 2.24) is 9.78 Å². The van der Waals surface area contributed by atoms with Crippen molar-refractivity contribution in [3.05, 3.63) is 22.0 Å². The summed E-state index contributed by atoms with van der Waals surface area (Å²) in [4.78, 5) is 0. The van der Waals surface area contributed by atoms with Crippen molar-refractivity contribution in [2.75, 3.05) is 11.5 Å². The van der Waals surface area contributed by atoms with Gasteiger partial charge in [-0.1, -0.05) is 11.6 Å². The first kappa shape index (κ1) is 14.6. The monoisotopic (exact) mass is 310 g/mol. The minimum absolute atomic E-state index is 0.0142. The average Bonchev–Trinajstić information content (AvgIpc) is 2.88. The molecule has 0 aromatic carbocycles. The Morgan fingerprint density at radius 2 is 2.15 bits per heavy atom. The Balaban J connectivity index is 2.44. The quantitative estimate of drug-likeness (QED) is 0.773. The third-order valence-electron chi connectivity index (χ3n) is 3.15. The lowest BCUT2D eigenvalue weighted by atomic mass is 10.2. The van der Waals surface area contributed by atoms with E-state index >= 15 is 0 Å². The van der Waals surface area contributed by atoms with E-state index in [1.54, 1.807) is 19.1 Å². The molecule has 0 amide bonds. The molecule has 0 bridgehead atoms. The summed E-state index contributed by atoms with van der Waals surface area (Å²) in [6.07, 6.45) is 1.83. The molecular weight excluding hydrogens is 300 g/mol. The molecule has 0 aliphatic carbocycles. The van der Waals surface area contributed by atoms with Crippen LogP contribution in [0.2, 0.25) is 5.15 Å². The Morgan fingerprint density at radius 1 is 1.50 bits per heavy atom. The van der Waals surface area contributed by atoms with Crippen molar-refractivity contribution in [1.29, 1.82) is 10.5 Å². The summed E-state index contributed by atoms with van der Waals surface area (Å²) in [5, 5.41) is 22.0. The third kappa shape index (κ3) is 2.69. The smallest absolute Gasteiger partial charge is 0.152 e. The lowest BCUT2D eigenvalue weighted by Crippen LogP contribution is -2.12. The summed E-state index contributed by atoms with van der Waals surface area (Å²) in [5.74, 6) is 0.139. The molecule has 1 aromatic rings. The summed E-state index contributed by atoms with van der Waals surface area (Å²) >= 11 is 6.20. The number of hydrogen-bond donors (Lipinski definition) is 0. The Hall–Kier alpha value is -1.83. The molecular formula is C12H11ClN4O2S. The van der Waals surface area contributed by atoms with Crippen LogP contribution in [-0.4, -0.2) is 29.7 Å². The standard InChI is InChI=1S/C12H11ClN4O2S/c1-8-11(4-9(5-14)6-15)12(13)17(16-8)10-2-3-20(18,19)7-10/h4,10H,2-3,7H2,1H3/t10-/m0/s1. The van der Waals surface area contributed by atoms with Gasteiger partial charge in [0.2, 0.25) is 0 Å². The molecule has 8 heteroatoms. The number of allylic oxidation sites excluding steroid dienone is 1. The first-order valence-electron chi connectivity index (χ1n) is 5.85. The zero-order valence-electron chi connectivity index (χ0n) is 10.7. The fraction of sp³-hybridized carbons (Fsp3) is 0.417. The highest BCUT2D eigenvalue weighted by molar-refractivity contribution is 7.91. The predicted molar refractivity (Wildman–Crippen MR) is 73.5 cm³/mol. The number of sulfone groups is 1. The van der Waals surface area contributed by atoms with Crippen molar-refractivity contribution >= 4 is 27.5 Å². The number of aryl methyl sites for hydroxylation is 1. The van der Waals surface area contributed by atoms with Crippen LogP contribution in [0.5, 0.6) is 0 Å². The molecule has 20 heavy (non-hydrogen) atoms. The van der Waals surface area contributed by atoms with Gasteiger partial charge in [0.25, 0.3) is 0 Å². The van der Waals surface area contributed by atoms with E-state index in [1.165, 1.54) is 10.8 Å². The van der Waals surface area contributed by atoms with Gasteiger partial charge in [0.1, 0.15) is 22.9 Å². The van der Waals surface area contributed by atoms with E-state index in [4.69, 9.17) is 22.1 Å². The van der Waals surface area contributed by atoms with E-state index in [2.05, 4.69) is 5.10 Å². The van der Waals surface area contributed by atoms with Crippen LogP contribution < -0.4 is 0 Å². The summed E-state index contributed by atoms with van der Waals surface area (Å²) in [7, 11) is -3.04. The molecule has 104 valence electrons. The van der Waals surface area contributed by atoms with Gasteiger partial charge in [-0.3, -0.25) is 0 Å². The maximum atomic E-state index is 11.5. The van der Waals surface area contributed by atoms with Gasteiger partial charge >= 0.3 is 0 Å². The Morgan fingerprint density at radius 3 is 2.65 bits per heavy atom. The van der Waals surface area contributed by atoms with Crippen LogP contribution in [0.3, 0.4) is 0 Å². The molecule has 1 saturated heterocycles. The predicted octanol–water partition coefficient (Wildman–Crippen LogP) is 1.64. The summed E-state index contributed by atoms with van der Waals surface area (Å²) in [6, 6.07) is 3.22. The van der Waals surface area contributed by atoms with Gasteiger partial charge < -0.3 is 0 Å². The van der Waals surface area contributed by atoms with Crippen LogP contribution in [0.15, 0.2) is 5.57 Å². The van der Waals surface area contributed by atoms with Gasteiger partial charge in [0, 0.05) is 5.56 Å². The minimum Gasteiger partial charge on any atom is -0.249 e. The molecule has 2 rings (SSSR count). The number of hydrogen-bond acceptors (Lipinski definition) is 5. The summed E-state index contributed by atoms with van der Waals surface area (Å²) in [5.41, 5.74) is 0.963. The number of aromatic nitrogens is 2. The van der Waals surface area contributed by atoms with E-state index in [9.17, 15) is 8.42 Å². The van der Waals surface area contributed by atoms with Gasteiger partial charge in [-0.2, -0.15) is 15.6 Å². The fourth-order valence-electron chi connectivity index (χ4n) is 2.14. The first-order chi connectivity index (χ1) is 9.38. The van der Waals surface area contributed by atoms with Crippen molar-refractivity contribution in [2.24, 2.45) is 0 Å². The van der Waals surface area contributed by atoms with E-state index in [0.717, 1.165) is 0 Å². The van der Waals surface area contributed by atoms with Crippen LogP contribution >= 0.6 is 11.6 Å². The molecule has 0 unspecified atom stereocenters. The molecule has 6 nitrogen and oxygen atoms in total. The van der Waals surface area contributed by atoms with Crippen molar-refractivity contribution in [2.45, 2.75) is 19.4 Å². The first-order valence-corrected chi connectivity index (χ1v) is 8.05. The third-order valence-corrected chi connectivity index (χ3v) is 5.28. The van der Waals surface area contributed by atoms with Gasteiger partial charge in [-0.05, 0) is 19.4 Å². The second kappa shape index (κ2) is 5.28. The van der Waals surface area contributed by atoms with Crippen molar-refractivity contribution in [3.63, 3.8) is 0 Å². The topological polar surface area (TPSA) is 99.5 Å². The van der Waals surface area contributed by atoms with Crippen LogP contribution in [-0.2, 0) is 9.84 Å². The van der Waals surface area contributed by atoms with E-state index in [1.807, 2.05) is 0 Å². The Bertz CT molecular complexity index is 749. The molecule has 0 N–H and O–H groups in total.